The highest BCUT2D eigenvalue weighted by Crippen LogP contribution is 2.29. The maximum Gasteiger partial charge on any atom is 0.253 e. The van der Waals surface area contributed by atoms with E-state index in [1.54, 1.807) is 0 Å². The highest BCUT2D eigenvalue weighted by molar-refractivity contribution is 6.22. The van der Waals surface area contributed by atoms with Gasteiger partial charge in [0.25, 0.3) is 5.91 Å². The van der Waals surface area contributed by atoms with Crippen molar-refractivity contribution >= 4 is 29.0 Å². The van der Waals surface area contributed by atoms with Gasteiger partial charge in [-0.2, -0.15) is 5.26 Å². The first kappa shape index (κ1) is 25.9. The van der Waals surface area contributed by atoms with Crippen LogP contribution in [0.2, 0.25) is 0 Å². The van der Waals surface area contributed by atoms with Gasteiger partial charge in [0.1, 0.15) is 5.84 Å². The lowest BCUT2D eigenvalue weighted by molar-refractivity contribution is -0.120. The molecule has 37 heavy (non-hydrogen) atoms. The lowest BCUT2D eigenvalue weighted by atomic mass is 9.84. The number of likely N-dealkylation sites (tertiary alicyclic amines) is 1. The van der Waals surface area contributed by atoms with Gasteiger partial charge in [-0.3, -0.25) is 19.9 Å². The Hall–Kier alpha value is -4.16. The topological polar surface area (TPSA) is 147 Å². The van der Waals surface area contributed by atoms with Gasteiger partial charge in [-0.1, -0.05) is 30.3 Å². The summed E-state index contributed by atoms with van der Waals surface area (Å²) in [5, 5.41) is 26.7. The number of para-hydroxylation sites is 1. The summed E-state index contributed by atoms with van der Waals surface area (Å²) in [6.07, 6.45) is 4.61. The molecule has 0 aromatic heterocycles. The molecule has 1 heterocycles. The quantitative estimate of drug-likeness (QED) is 0.193. The fourth-order valence-corrected chi connectivity index (χ4v) is 4.49. The maximum atomic E-state index is 12.0. The number of benzene rings is 2. The van der Waals surface area contributed by atoms with Crippen LogP contribution in [0.4, 0.5) is 11.4 Å². The van der Waals surface area contributed by atoms with Gasteiger partial charge in [0.15, 0.2) is 0 Å². The molecule has 0 unspecified atom stereocenters. The molecule has 1 aliphatic heterocycles. The molecule has 9 heteroatoms. The molecular formula is C28H33N7O2. The van der Waals surface area contributed by atoms with Crippen LogP contribution >= 0.6 is 0 Å². The van der Waals surface area contributed by atoms with E-state index < -0.39 is 11.4 Å². The molecule has 2 aliphatic rings. The number of piperidine rings is 1. The third-order valence-electron chi connectivity index (χ3n) is 6.88. The van der Waals surface area contributed by atoms with Gasteiger partial charge in [-0.05, 0) is 55.5 Å². The molecule has 0 spiro atoms. The Labute approximate surface area is 217 Å². The van der Waals surface area contributed by atoms with Gasteiger partial charge < -0.3 is 21.7 Å². The van der Waals surface area contributed by atoms with Gasteiger partial charge in [-0.25, -0.2) is 0 Å². The maximum absolute atomic E-state index is 12.0. The lowest BCUT2D eigenvalue weighted by Gasteiger charge is -2.41. The first-order valence-electron chi connectivity index (χ1n) is 12.6. The number of nitrogens with two attached hydrogens (primary N) is 1. The minimum Gasteiger partial charge on any atom is -0.384 e. The van der Waals surface area contributed by atoms with Gasteiger partial charge in [-0.15, -0.1) is 0 Å². The van der Waals surface area contributed by atoms with E-state index in [1.165, 1.54) is 11.8 Å². The second-order valence-electron chi connectivity index (χ2n) is 9.79. The Balaban J connectivity index is 1.36. The molecule has 6 N–H and O–H groups in total. The van der Waals surface area contributed by atoms with E-state index in [0.29, 0.717) is 12.8 Å². The van der Waals surface area contributed by atoms with Crippen molar-refractivity contribution in [3.63, 3.8) is 0 Å². The van der Waals surface area contributed by atoms with E-state index in [4.69, 9.17) is 11.1 Å². The zero-order chi connectivity index (χ0) is 26.3. The Morgan fingerprint density at radius 1 is 1.11 bits per heavy atom. The summed E-state index contributed by atoms with van der Waals surface area (Å²) in [7, 11) is 0. The number of carbonyl (C=O) groups is 2. The standard InChI is InChI=1S/C28H33N7O2/c29-14-11-28(32-18-24(26(31)36)25(30)34-27(37)21-9-10-21)12-15-35(16-13-28)19-20-5-4-8-23(17-20)33-22-6-2-1-3-7-22/h1-8,17-18,21,32-33H,9-13,15-16,19H2,(H2,31,36)(H2,30,34,37)/b24-18+. The molecule has 2 amide bonds. The van der Waals surface area contributed by atoms with E-state index in [9.17, 15) is 14.9 Å². The molecular weight excluding hydrogens is 466 g/mol. The third-order valence-corrected chi connectivity index (χ3v) is 6.88. The summed E-state index contributed by atoms with van der Waals surface area (Å²) in [5.41, 5.74) is 8.11. The van der Waals surface area contributed by atoms with E-state index in [0.717, 1.165) is 43.9 Å². The van der Waals surface area contributed by atoms with E-state index in [1.807, 2.05) is 42.5 Å². The van der Waals surface area contributed by atoms with Crippen LogP contribution in [0.1, 0.15) is 37.7 Å². The van der Waals surface area contributed by atoms with Crippen molar-refractivity contribution in [1.29, 1.82) is 10.7 Å². The number of anilines is 2. The number of amidine groups is 1. The molecule has 1 saturated heterocycles. The Kier molecular flexibility index (Phi) is 8.21. The third kappa shape index (κ3) is 7.18. The zero-order valence-electron chi connectivity index (χ0n) is 20.8. The first-order chi connectivity index (χ1) is 17.9. The second kappa shape index (κ2) is 11.7. The molecule has 4 rings (SSSR count). The monoisotopic (exact) mass is 499 g/mol. The molecule has 2 aromatic rings. The number of primary amides is 1. The van der Waals surface area contributed by atoms with Crippen LogP contribution in [0.3, 0.4) is 0 Å². The second-order valence-corrected chi connectivity index (χ2v) is 9.79. The number of hydrogen-bond acceptors (Lipinski definition) is 7. The number of carbonyl (C=O) groups excluding carboxylic acids is 2. The average Bonchev–Trinajstić information content (AvgIpc) is 3.72. The molecule has 2 aromatic carbocycles. The van der Waals surface area contributed by atoms with Crippen LogP contribution in [0.15, 0.2) is 66.4 Å². The Morgan fingerprint density at radius 3 is 2.46 bits per heavy atom. The number of nitrogens with one attached hydrogen (secondary N) is 4. The highest BCUT2D eigenvalue weighted by atomic mass is 16.2. The molecule has 192 valence electrons. The lowest BCUT2D eigenvalue weighted by Crippen LogP contribution is -2.51. The number of amides is 2. The van der Waals surface area contributed by atoms with Crippen molar-refractivity contribution in [1.82, 2.24) is 15.5 Å². The van der Waals surface area contributed by atoms with Crippen LogP contribution in [-0.2, 0) is 16.1 Å². The smallest absolute Gasteiger partial charge is 0.253 e. The fraction of sp³-hybridized carbons (Fsp3) is 0.357. The van der Waals surface area contributed by atoms with Crippen molar-refractivity contribution in [3.05, 3.63) is 71.9 Å². The minimum absolute atomic E-state index is 0.0912. The van der Waals surface area contributed by atoms with Gasteiger partial charge >= 0.3 is 0 Å². The Bertz CT molecular complexity index is 1210. The molecule has 2 fully saturated rings. The van der Waals surface area contributed by atoms with E-state index in [2.05, 4.69) is 39.1 Å². The summed E-state index contributed by atoms with van der Waals surface area (Å²) in [5.74, 6) is -1.47. The first-order valence-corrected chi connectivity index (χ1v) is 12.6. The van der Waals surface area contributed by atoms with Crippen molar-refractivity contribution in [2.75, 3.05) is 18.4 Å². The van der Waals surface area contributed by atoms with Crippen molar-refractivity contribution in [2.24, 2.45) is 11.7 Å². The molecule has 1 aliphatic carbocycles. The van der Waals surface area contributed by atoms with E-state index in [-0.39, 0.29) is 29.7 Å². The molecule has 0 atom stereocenters. The Morgan fingerprint density at radius 2 is 1.81 bits per heavy atom. The SMILES string of the molecule is N#CCC1(N/C=C(\C(=N)NC(=O)C2CC2)C(N)=O)CCN(Cc2cccc(Nc3ccccc3)c2)CC1. The van der Waals surface area contributed by atoms with Crippen molar-refractivity contribution in [3.8, 4) is 6.07 Å². The van der Waals surface area contributed by atoms with Crippen LogP contribution in [0, 0.1) is 22.7 Å². The van der Waals surface area contributed by atoms with Gasteiger partial charge in [0.05, 0.1) is 23.6 Å². The van der Waals surface area contributed by atoms with Crippen LogP contribution in [0.5, 0.6) is 0 Å². The molecule has 9 nitrogen and oxygen atoms in total. The van der Waals surface area contributed by atoms with E-state index >= 15 is 0 Å². The number of rotatable bonds is 10. The number of nitriles is 1. The van der Waals surface area contributed by atoms with Crippen LogP contribution < -0.4 is 21.7 Å². The minimum atomic E-state index is -0.804. The van der Waals surface area contributed by atoms with Crippen LogP contribution in [-0.4, -0.2) is 41.2 Å². The largest absolute Gasteiger partial charge is 0.384 e. The number of nitrogens with zero attached hydrogens (tertiary/aromatic N) is 2. The summed E-state index contributed by atoms with van der Waals surface area (Å²) in [6, 6.07) is 20.6. The summed E-state index contributed by atoms with van der Waals surface area (Å²) in [4.78, 5) is 26.3. The van der Waals surface area contributed by atoms with Crippen LogP contribution in [0.25, 0.3) is 0 Å². The zero-order valence-corrected chi connectivity index (χ0v) is 20.8. The summed E-state index contributed by atoms with van der Waals surface area (Å²) < 4.78 is 0. The molecule has 1 saturated carbocycles. The molecule has 0 radical (unpaired) electrons. The number of hydrogen-bond donors (Lipinski definition) is 5. The predicted octanol–water partition coefficient (Wildman–Crippen LogP) is 3.14. The summed E-state index contributed by atoms with van der Waals surface area (Å²) >= 11 is 0. The normalized spacial score (nSPS) is 17.3. The highest BCUT2D eigenvalue weighted by Gasteiger charge is 2.35. The van der Waals surface area contributed by atoms with Crippen molar-refractivity contribution < 1.29 is 9.59 Å². The van der Waals surface area contributed by atoms with Crippen molar-refractivity contribution in [2.45, 2.75) is 44.2 Å². The summed E-state index contributed by atoms with van der Waals surface area (Å²) in [6.45, 7) is 2.31. The fourth-order valence-electron chi connectivity index (χ4n) is 4.49. The average molecular weight is 500 g/mol. The van der Waals surface area contributed by atoms with Gasteiger partial charge in [0.2, 0.25) is 5.91 Å². The van der Waals surface area contributed by atoms with Gasteiger partial charge in [0, 0.05) is 43.1 Å². The molecule has 0 bridgehead atoms. The predicted molar refractivity (Wildman–Crippen MR) is 143 cm³/mol.